The second kappa shape index (κ2) is 5.14. The highest BCUT2D eigenvalue weighted by atomic mass is 35.5. The summed E-state index contributed by atoms with van der Waals surface area (Å²) in [6, 6.07) is 15.9. The lowest BCUT2D eigenvalue weighted by Crippen LogP contribution is -2.53. The van der Waals surface area contributed by atoms with Gasteiger partial charge in [-0.25, -0.2) is 4.99 Å². The second-order valence-corrected chi connectivity index (χ2v) is 5.88. The van der Waals surface area contributed by atoms with Gasteiger partial charge in [0.2, 0.25) is 5.91 Å². The zero-order valence-electron chi connectivity index (χ0n) is 11.8. The third-order valence-electron chi connectivity index (χ3n) is 4.07. The van der Waals surface area contributed by atoms with Crippen LogP contribution in [0.1, 0.15) is 17.2 Å². The molecular formula is C17H14ClN3O. The number of piperazine rings is 1. The van der Waals surface area contributed by atoms with Gasteiger partial charge in [0.15, 0.2) is 0 Å². The Morgan fingerprint density at radius 1 is 1.14 bits per heavy atom. The van der Waals surface area contributed by atoms with Gasteiger partial charge in [-0.1, -0.05) is 41.9 Å². The Hall–Kier alpha value is -2.33. The normalized spacial score (nSPS) is 19.9. The van der Waals surface area contributed by atoms with Gasteiger partial charge in [0.05, 0.1) is 24.8 Å². The first-order valence-electron chi connectivity index (χ1n) is 7.18. The van der Waals surface area contributed by atoms with Crippen molar-refractivity contribution in [2.75, 3.05) is 13.1 Å². The van der Waals surface area contributed by atoms with Crippen molar-refractivity contribution in [2.45, 2.75) is 6.04 Å². The number of carbonyl (C=O) groups excluding carboxylic acids is 1. The van der Waals surface area contributed by atoms with E-state index >= 15 is 0 Å². The molecule has 4 rings (SSSR count). The van der Waals surface area contributed by atoms with Crippen LogP contribution < -0.4 is 5.32 Å². The number of hydrogen-bond acceptors (Lipinski definition) is 3. The number of hydrogen-bond donors (Lipinski definition) is 1. The van der Waals surface area contributed by atoms with Gasteiger partial charge in [0, 0.05) is 10.6 Å². The zero-order chi connectivity index (χ0) is 15.1. The van der Waals surface area contributed by atoms with Crippen LogP contribution in [0.2, 0.25) is 5.02 Å². The van der Waals surface area contributed by atoms with Crippen molar-refractivity contribution in [3.05, 3.63) is 64.7 Å². The fraction of sp³-hybridized carbons (Fsp3) is 0.176. The monoisotopic (exact) mass is 311 g/mol. The Kier molecular flexibility index (Phi) is 3.12. The minimum absolute atomic E-state index is 0.00739. The molecule has 2 heterocycles. The van der Waals surface area contributed by atoms with Crippen LogP contribution in [0.4, 0.5) is 5.69 Å². The van der Waals surface area contributed by atoms with Crippen molar-refractivity contribution in [2.24, 2.45) is 4.99 Å². The summed E-state index contributed by atoms with van der Waals surface area (Å²) in [7, 11) is 0. The van der Waals surface area contributed by atoms with Crippen molar-refractivity contribution >= 4 is 29.0 Å². The van der Waals surface area contributed by atoms with Gasteiger partial charge in [-0.2, -0.15) is 0 Å². The number of halogens is 1. The van der Waals surface area contributed by atoms with Crippen LogP contribution in [0.5, 0.6) is 0 Å². The van der Waals surface area contributed by atoms with Crippen molar-refractivity contribution in [3.63, 3.8) is 0 Å². The molecule has 1 saturated heterocycles. The summed E-state index contributed by atoms with van der Waals surface area (Å²) >= 11 is 6.01. The molecule has 4 nitrogen and oxygen atoms in total. The number of carbonyl (C=O) groups is 1. The Bertz CT molecular complexity index is 770. The molecule has 1 amide bonds. The maximum atomic E-state index is 11.8. The van der Waals surface area contributed by atoms with Crippen LogP contribution in [0.3, 0.4) is 0 Å². The molecule has 2 aliphatic rings. The molecule has 0 radical (unpaired) electrons. The van der Waals surface area contributed by atoms with Crippen LogP contribution in [-0.2, 0) is 4.79 Å². The number of amides is 1. The molecule has 22 heavy (non-hydrogen) atoms. The van der Waals surface area contributed by atoms with E-state index in [1.807, 2.05) is 42.5 Å². The summed E-state index contributed by atoms with van der Waals surface area (Å²) < 4.78 is 0. The molecule has 2 aliphatic heterocycles. The standard InChI is InChI=1S/C17H14ClN3O/c18-12-7-5-11(6-8-12)17-13-3-1-2-4-14(13)20-15-9-19-16(22)10-21(15)17/h1-8,17H,9-10H2,(H,19,22). The molecule has 0 aliphatic carbocycles. The van der Waals surface area contributed by atoms with Crippen molar-refractivity contribution in [1.82, 2.24) is 10.2 Å². The molecule has 5 heteroatoms. The van der Waals surface area contributed by atoms with E-state index in [0.717, 1.165) is 22.6 Å². The fourth-order valence-corrected chi connectivity index (χ4v) is 3.18. The number of fused-ring (bicyclic) bond motifs is 2. The second-order valence-electron chi connectivity index (χ2n) is 5.45. The molecule has 1 fully saturated rings. The van der Waals surface area contributed by atoms with Gasteiger partial charge in [-0.15, -0.1) is 0 Å². The fourth-order valence-electron chi connectivity index (χ4n) is 3.06. The Morgan fingerprint density at radius 2 is 1.91 bits per heavy atom. The average Bonchev–Trinajstić information content (AvgIpc) is 2.54. The summed E-state index contributed by atoms with van der Waals surface area (Å²) in [6.07, 6.45) is 0. The smallest absolute Gasteiger partial charge is 0.239 e. The van der Waals surface area contributed by atoms with Gasteiger partial charge in [-0.3, -0.25) is 4.79 Å². The van der Waals surface area contributed by atoms with E-state index in [-0.39, 0.29) is 11.9 Å². The van der Waals surface area contributed by atoms with Crippen molar-refractivity contribution in [1.29, 1.82) is 0 Å². The highest BCUT2D eigenvalue weighted by Gasteiger charge is 2.34. The minimum Gasteiger partial charge on any atom is -0.347 e. The first kappa shape index (κ1) is 13.3. The summed E-state index contributed by atoms with van der Waals surface area (Å²) in [4.78, 5) is 18.6. The first-order valence-corrected chi connectivity index (χ1v) is 7.55. The number of amidine groups is 1. The molecule has 0 bridgehead atoms. The average molecular weight is 312 g/mol. The molecule has 2 aromatic rings. The maximum Gasteiger partial charge on any atom is 0.239 e. The van der Waals surface area contributed by atoms with Crippen molar-refractivity contribution in [3.8, 4) is 0 Å². The lowest BCUT2D eigenvalue weighted by atomic mass is 9.93. The van der Waals surface area contributed by atoms with Gasteiger partial charge in [0.25, 0.3) is 0 Å². The predicted octanol–water partition coefficient (Wildman–Crippen LogP) is 2.90. The Balaban J connectivity index is 1.87. The van der Waals surface area contributed by atoms with Crippen LogP contribution in [0.15, 0.2) is 53.5 Å². The van der Waals surface area contributed by atoms with Crippen LogP contribution >= 0.6 is 11.6 Å². The molecule has 0 aromatic heterocycles. The Labute approximate surface area is 133 Å². The molecular weight excluding hydrogens is 298 g/mol. The third kappa shape index (κ3) is 2.16. The van der Waals surface area contributed by atoms with E-state index in [4.69, 9.17) is 16.6 Å². The van der Waals surface area contributed by atoms with E-state index in [1.54, 1.807) is 0 Å². The topological polar surface area (TPSA) is 44.7 Å². The number of benzene rings is 2. The number of rotatable bonds is 1. The van der Waals surface area contributed by atoms with Gasteiger partial charge in [-0.05, 0) is 23.8 Å². The molecule has 0 saturated carbocycles. The predicted molar refractivity (Wildman–Crippen MR) is 86.5 cm³/mol. The zero-order valence-corrected chi connectivity index (χ0v) is 12.5. The van der Waals surface area contributed by atoms with E-state index in [1.165, 1.54) is 0 Å². The molecule has 110 valence electrons. The SMILES string of the molecule is O=C1CN2C(=Nc3ccccc3C2c2ccc(Cl)cc2)CN1. The van der Waals surface area contributed by atoms with E-state index in [9.17, 15) is 4.79 Å². The van der Waals surface area contributed by atoms with E-state index in [2.05, 4.69) is 16.3 Å². The minimum atomic E-state index is -0.00739. The highest BCUT2D eigenvalue weighted by molar-refractivity contribution is 6.30. The highest BCUT2D eigenvalue weighted by Crippen LogP contribution is 2.39. The van der Waals surface area contributed by atoms with E-state index < -0.39 is 0 Å². The molecule has 0 spiro atoms. The van der Waals surface area contributed by atoms with Crippen LogP contribution in [-0.4, -0.2) is 29.7 Å². The Morgan fingerprint density at radius 3 is 2.73 bits per heavy atom. The maximum absolute atomic E-state index is 11.8. The number of nitrogens with one attached hydrogen (secondary N) is 1. The van der Waals surface area contributed by atoms with Crippen LogP contribution in [0, 0.1) is 0 Å². The molecule has 1 N–H and O–H groups in total. The number of para-hydroxylation sites is 1. The van der Waals surface area contributed by atoms with Gasteiger partial charge < -0.3 is 10.2 Å². The quantitative estimate of drug-likeness (QED) is 0.880. The molecule has 1 atom stereocenters. The molecule has 1 unspecified atom stereocenters. The van der Waals surface area contributed by atoms with Crippen LogP contribution in [0.25, 0.3) is 0 Å². The summed E-state index contributed by atoms with van der Waals surface area (Å²) in [5.74, 6) is 0.926. The lowest BCUT2D eigenvalue weighted by Gasteiger charge is -2.40. The van der Waals surface area contributed by atoms with Gasteiger partial charge in [0.1, 0.15) is 5.84 Å². The summed E-state index contributed by atoms with van der Waals surface area (Å²) in [6.45, 7) is 0.789. The number of nitrogens with zero attached hydrogens (tertiary/aromatic N) is 2. The molecule has 2 aromatic carbocycles. The third-order valence-corrected chi connectivity index (χ3v) is 4.32. The number of aliphatic imine (C=N–C) groups is 1. The van der Waals surface area contributed by atoms with Crippen molar-refractivity contribution < 1.29 is 4.79 Å². The summed E-state index contributed by atoms with van der Waals surface area (Å²) in [5.41, 5.74) is 3.19. The van der Waals surface area contributed by atoms with E-state index in [0.29, 0.717) is 18.1 Å². The lowest BCUT2D eigenvalue weighted by molar-refractivity contribution is -0.122. The first-order chi connectivity index (χ1) is 10.7. The summed E-state index contributed by atoms with van der Waals surface area (Å²) in [5, 5.41) is 3.57. The van der Waals surface area contributed by atoms with Gasteiger partial charge >= 0.3 is 0 Å². The largest absolute Gasteiger partial charge is 0.347 e.